The molecule has 0 aromatic carbocycles. The summed E-state index contributed by atoms with van der Waals surface area (Å²) in [6, 6.07) is 0. The molecule has 0 aliphatic rings. The number of esters is 4. The number of unbranched alkanes of at least 4 members (excludes halogenated alkanes) is 53. The first-order valence-electron chi connectivity index (χ1n) is 44.0. The fourth-order valence-electron chi connectivity index (χ4n) is 13.2. The first-order valence-corrected chi connectivity index (χ1v) is 47.0. The summed E-state index contributed by atoms with van der Waals surface area (Å²) in [4.78, 5) is 73.1. The Hall–Kier alpha value is -1.94. The van der Waals surface area contributed by atoms with Crippen molar-refractivity contribution in [1.29, 1.82) is 0 Å². The number of hydrogen-bond acceptors (Lipinski definition) is 15. The minimum absolute atomic E-state index is 0.106. The van der Waals surface area contributed by atoms with Gasteiger partial charge in [0, 0.05) is 25.7 Å². The maximum Gasteiger partial charge on any atom is 0.472 e. The number of rotatable bonds is 84. The zero-order valence-electron chi connectivity index (χ0n) is 68.3. The number of hydrogen-bond donors (Lipinski definition) is 3. The summed E-state index contributed by atoms with van der Waals surface area (Å²) >= 11 is 0. The molecule has 3 N–H and O–H groups in total. The summed E-state index contributed by atoms with van der Waals surface area (Å²) in [5.41, 5.74) is 0. The number of carbonyl (C=O) groups excluding carboxylic acids is 4. The van der Waals surface area contributed by atoms with Gasteiger partial charge in [0.25, 0.3) is 0 Å². The van der Waals surface area contributed by atoms with Crippen molar-refractivity contribution in [1.82, 2.24) is 0 Å². The molecule has 0 aliphatic carbocycles. The van der Waals surface area contributed by atoms with E-state index in [1.807, 2.05) is 0 Å². The number of aliphatic hydroxyl groups excluding tert-OH is 1. The molecule has 0 bridgehead atoms. The molecule has 0 saturated heterocycles. The average Bonchev–Trinajstić information content (AvgIpc) is 0.911. The van der Waals surface area contributed by atoms with Gasteiger partial charge in [-0.25, -0.2) is 9.13 Å². The van der Waals surface area contributed by atoms with E-state index in [1.165, 1.54) is 263 Å². The molecule has 0 spiro atoms. The molecular formula is C85H166O17P2. The monoisotopic (exact) mass is 1520 g/mol. The molecule has 0 heterocycles. The number of phosphoric ester groups is 2. The molecule has 3 unspecified atom stereocenters. The van der Waals surface area contributed by atoms with Gasteiger partial charge < -0.3 is 33.8 Å². The highest BCUT2D eigenvalue weighted by Crippen LogP contribution is 2.45. The van der Waals surface area contributed by atoms with Crippen LogP contribution in [0.3, 0.4) is 0 Å². The minimum atomic E-state index is -4.97. The number of ether oxygens (including phenoxy) is 4. The number of aliphatic hydroxyl groups is 1. The van der Waals surface area contributed by atoms with E-state index < -0.39 is 97.5 Å². The standard InChI is InChI=1S/C85H166O17P2/c1-7-10-12-14-16-18-20-22-24-26-28-29-30-31-33-35-37-39-44-50-57-63-69-84(89)101-80(73-95-82(87)67-61-55-49-43-38-36-34-32-27-25-23-21-19-17-15-13-11-8-2)75-99-103(91,92)97-71-79(86)72-98-104(93,94)100-76-81(74-96-83(88)68-62-56-52-46-47-53-59-65-77(4)5)102-85(90)70-64-58-51-45-41-40-42-48-54-60-66-78(6)9-3/h77-81,86H,7-76H2,1-6H3,(H,91,92)(H,93,94)/t78?,79-,80-,81-/m1/s1. The first-order chi connectivity index (χ1) is 50.4. The fourth-order valence-corrected chi connectivity index (χ4v) is 14.8. The van der Waals surface area contributed by atoms with Crippen LogP contribution in [0, 0.1) is 11.8 Å². The molecule has 6 atom stereocenters. The van der Waals surface area contributed by atoms with E-state index in [9.17, 15) is 43.2 Å². The van der Waals surface area contributed by atoms with Crippen LogP contribution in [0.1, 0.15) is 452 Å². The average molecular weight is 1520 g/mol. The van der Waals surface area contributed by atoms with E-state index in [0.717, 1.165) is 102 Å². The Kier molecular flexibility index (Phi) is 75.0. The van der Waals surface area contributed by atoms with E-state index in [4.69, 9.17) is 37.0 Å². The SMILES string of the molecule is CCCCCCCCCCCCCCCCCCCCCCCCC(=O)O[C@H](COC(=O)CCCCCCCCCCCCCCCCCCCC)COP(=O)(O)OC[C@@H](O)COP(=O)(O)OC[C@@H](COC(=O)CCCCCCCCCC(C)C)OC(=O)CCCCCCCCCCCCC(C)CC. The molecule has 104 heavy (non-hydrogen) atoms. The van der Waals surface area contributed by atoms with Crippen molar-refractivity contribution in [3.8, 4) is 0 Å². The van der Waals surface area contributed by atoms with Gasteiger partial charge in [-0.15, -0.1) is 0 Å². The van der Waals surface area contributed by atoms with Gasteiger partial charge in [0.2, 0.25) is 0 Å². The second-order valence-electron chi connectivity index (χ2n) is 31.3. The molecule has 0 fully saturated rings. The highest BCUT2D eigenvalue weighted by Gasteiger charge is 2.30. The molecule has 0 aliphatic heterocycles. The summed E-state index contributed by atoms with van der Waals surface area (Å²) in [6.45, 7) is 9.62. The van der Waals surface area contributed by atoms with Crippen molar-refractivity contribution < 1.29 is 80.2 Å². The molecule has 17 nitrogen and oxygen atoms in total. The lowest BCUT2D eigenvalue weighted by Gasteiger charge is -2.21. The third kappa shape index (κ3) is 76.8. The van der Waals surface area contributed by atoms with Crippen LogP contribution in [0.2, 0.25) is 0 Å². The minimum Gasteiger partial charge on any atom is -0.462 e. The molecule has 19 heteroatoms. The van der Waals surface area contributed by atoms with Gasteiger partial charge in [-0.1, -0.05) is 401 Å². The zero-order valence-corrected chi connectivity index (χ0v) is 70.1. The highest BCUT2D eigenvalue weighted by molar-refractivity contribution is 7.47. The fraction of sp³-hybridized carbons (Fsp3) is 0.953. The zero-order chi connectivity index (χ0) is 76.4. The Morgan fingerprint density at radius 1 is 0.279 bits per heavy atom. The van der Waals surface area contributed by atoms with Crippen molar-refractivity contribution >= 4 is 39.5 Å². The Balaban J connectivity index is 5.22. The summed E-state index contributed by atoms with van der Waals surface area (Å²) in [5, 5.41) is 10.7. The van der Waals surface area contributed by atoms with Crippen molar-refractivity contribution in [2.75, 3.05) is 39.6 Å². The lowest BCUT2D eigenvalue weighted by Crippen LogP contribution is -2.30. The molecular weight excluding hydrogens is 1350 g/mol. The number of phosphoric acid groups is 2. The van der Waals surface area contributed by atoms with E-state index in [0.29, 0.717) is 31.6 Å². The van der Waals surface area contributed by atoms with Crippen molar-refractivity contribution in [3.05, 3.63) is 0 Å². The van der Waals surface area contributed by atoms with Gasteiger partial charge in [-0.05, 0) is 37.5 Å². The van der Waals surface area contributed by atoms with Gasteiger partial charge in [0.05, 0.1) is 26.4 Å². The van der Waals surface area contributed by atoms with Crippen molar-refractivity contribution in [2.24, 2.45) is 11.8 Å². The molecule has 0 aromatic rings. The van der Waals surface area contributed by atoms with Crippen LogP contribution in [-0.4, -0.2) is 96.7 Å². The summed E-state index contributed by atoms with van der Waals surface area (Å²) in [7, 11) is -9.93. The van der Waals surface area contributed by atoms with Crippen LogP contribution >= 0.6 is 15.6 Å². The topological polar surface area (TPSA) is 237 Å². The van der Waals surface area contributed by atoms with E-state index in [2.05, 4.69) is 41.5 Å². The van der Waals surface area contributed by atoms with Crippen LogP contribution in [0.15, 0.2) is 0 Å². The van der Waals surface area contributed by atoms with Gasteiger partial charge in [0.1, 0.15) is 19.3 Å². The maximum absolute atomic E-state index is 13.1. The Morgan fingerprint density at radius 3 is 0.731 bits per heavy atom. The van der Waals surface area contributed by atoms with Crippen LogP contribution in [0.4, 0.5) is 0 Å². The summed E-state index contributed by atoms with van der Waals surface area (Å²) in [5.74, 6) is -0.598. The largest absolute Gasteiger partial charge is 0.472 e. The van der Waals surface area contributed by atoms with Crippen molar-refractivity contribution in [2.45, 2.75) is 471 Å². The number of carbonyl (C=O) groups is 4. The molecule has 618 valence electrons. The Bertz CT molecular complexity index is 2000. The Labute approximate surface area is 638 Å². The van der Waals surface area contributed by atoms with E-state index >= 15 is 0 Å². The Morgan fingerprint density at radius 2 is 0.490 bits per heavy atom. The predicted molar refractivity (Wildman–Crippen MR) is 428 cm³/mol. The summed E-state index contributed by atoms with van der Waals surface area (Å²) < 4.78 is 68.8. The molecule has 0 rings (SSSR count). The van der Waals surface area contributed by atoms with E-state index in [1.54, 1.807) is 0 Å². The van der Waals surface area contributed by atoms with E-state index in [-0.39, 0.29) is 25.7 Å². The summed E-state index contributed by atoms with van der Waals surface area (Å²) in [6.07, 6.45) is 68.2. The normalized spacial score (nSPS) is 14.1. The van der Waals surface area contributed by atoms with Gasteiger partial charge >= 0.3 is 39.5 Å². The molecule has 0 amide bonds. The van der Waals surface area contributed by atoms with Gasteiger partial charge in [-0.2, -0.15) is 0 Å². The molecule has 0 radical (unpaired) electrons. The molecule has 0 saturated carbocycles. The second kappa shape index (κ2) is 76.4. The van der Waals surface area contributed by atoms with Gasteiger partial charge in [-0.3, -0.25) is 37.3 Å². The van der Waals surface area contributed by atoms with Crippen LogP contribution in [0.25, 0.3) is 0 Å². The van der Waals surface area contributed by atoms with Crippen molar-refractivity contribution in [3.63, 3.8) is 0 Å². The lowest BCUT2D eigenvalue weighted by molar-refractivity contribution is -0.161. The first kappa shape index (κ1) is 102. The quantitative estimate of drug-likeness (QED) is 0.0222. The third-order valence-electron chi connectivity index (χ3n) is 20.3. The smallest absolute Gasteiger partial charge is 0.462 e. The van der Waals surface area contributed by atoms with Gasteiger partial charge in [0.15, 0.2) is 12.2 Å². The second-order valence-corrected chi connectivity index (χ2v) is 34.2. The van der Waals surface area contributed by atoms with Crippen LogP contribution in [0.5, 0.6) is 0 Å². The lowest BCUT2D eigenvalue weighted by atomic mass is 9.99. The van der Waals surface area contributed by atoms with Crippen LogP contribution in [-0.2, 0) is 65.4 Å². The molecule has 0 aromatic heterocycles. The highest BCUT2D eigenvalue weighted by atomic mass is 31.2. The predicted octanol–water partition coefficient (Wildman–Crippen LogP) is 25.8. The van der Waals surface area contributed by atoms with Crippen LogP contribution < -0.4 is 0 Å². The maximum atomic E-state index is 13.1. The third-order valence-corrected chi connectivity index (χ3v) is 22.2.